The molecular formula is C22H25N3O4S. The summed E-state index contributed by atoms with van der Waals surface area (Å²) in [5, 5.41) is 4.97. The molecule has 158 valence electrons. The van der Waals surface area contributed by atoms with Crippen LogP contribution in [0.4, 0.5) is 11.4 Å². The zero-order valence-electron chi connectivity index (χ0n) is 17.0. The van der Waals surface area contributed by atoms with Gasteiger partial charge in [-0.15, -0.1) is 0 Å². The number of piperazine rings is 1. The second-order valence-corrected chi connectivity index (χ2v) is 8.69. The van der Waals surface area contributed by atoms with Crippen LogP contribution in [0.15, 0.2) is 59.5 Å². The van der Waals surface area contributed by atoms with Crippen LogP contribution < -0.4 is 24.4 Å². The van der Waals surface area contributed by atoms with E-state index in [2.05, 4.69) is 14.9 Å². The number of hydrogen-bond donors (Lipinski definition) is 2. The number of nitrogens with one attached hydrogen (secondary N) is 2. The molecule has 0 unspecified atom stereocenters. The zero-order chi connectivity index (χ0) is 21.1. The molecule has 1 aliphatic rings. The van der Waals surface area contributed by atoms with Gasteiger partial charge in [0.05, 0.1) is 24.8 Å². The van der Waals surface area contributed by atoms with Crippen molar-refractivity contribution in [3.8, 4) is 11.5 Å². The van der Waals surface area contributed by atoms with Gasteiger partial charge in [-0.25, -0.2) is 8.42 Å². The third-order valence-corrected chi connectivity index (χ3v) is 6.68. The Kier molecular flexibility index (Phi) is 5.69. The lowest BCUT2D eigenvalue weighted by atomic mass is 10.1. The first kappa shape index (κ1) is 20.3. The van der Waals surface area contributed by atoms with E-state index in [9.17, 15) is 8.42 Å². The Morgan fingerprint density at radius 2 is 1.60 bits per heavy atom. The Morgan fingerprint density at radius 1 is 0.900 bits per heavy atom. The van der Waals surface area contributed by atoms with Gasteiger partial charge in [0, 0.05) is 48.7 Å². The number of fused-ring (bicyclic) bond motifs is 1. The summed E-state index contributed by atoms with van der Waals surface area (Å²) < 4.78 is 39.7. The molecule has 0 atom stereocenters. The number of benzene rings is 3. The molecule has 0 amide bonds. The van der Waals surface area contributed by atoms with Crippen molar-refractivity contribution in [3.05, 3.63) is 54.6 Å². The maximum absolute atomic E-state index is 13.3. The number of ether oxygens (including phenoxy) is 2. The van der Waals surface area contributed by atoms with Gasteiger partial charge in [0.15, 0.2) is 11.5 Å². The summed E-state index contributed by atoms with van der Waals surface area (Å²) in [4.78, 5) is 2.53. The van der Waals surface area contributed by atoms with E-state index in [1.54, 1.807) is 24.3 Å². The summed E-state index contributed by atoms with van der Waals surface area (Å²) in [6.45, 7) is 3.60. The quantitative estimate of drug-likeness (QED) is 0.629. The van der Waals surface area contributed by atoms with E-state index >= 15 is 0 Å². The standard InChI is InChI=1S/C22H25N3O4S/c1-28-20-9-7-16(15-21(20)29-2)24-30(26,27)22-10-8-19(25-13-11-23-12-14-25)17-5-3-4-6-18(17)22/h3-10,15,23-24H,11-14H2,1-2H3. The first-order chi connectivity index (χ1) is 14.5. The summed E-state index contributed by atoms with van der Waals surface area (Å²) in [6.07, 6.45) is 0. The fraction of sp³-hybridized carbons (Fsp3) is 0.273. The van der Waals surface area contributed by atoms with Crippen LogP contribution >= 0.6 is 0 Å². The van der Waals surface area contributed by atoms with E-state index in [4.69, 9.17) is 9.47 Å². The lowest BCUT2D eigenvalue weighted by Crippen LogP contribution is -2.43. The third kappa shape index (κ3) is 3.88. The van der Waals surface area contributed by atoms with E-state index in [1.165, 1.54) is 14.2 Å². The van der Waals surface area contributed by atoms with Crippen molar-refractivity contribution in [2.24, 2.45) is 0 Å². The fourth-order valence-corrected chi connectivity index (χ4v) is 5.04. The highest BCUT2D eigenvalue weighted by Crippen LogP contribution is 2.34. The van der Waals surface area contributed by atoms with E-state index in [0.29, 0.717) is 22.6 Å². The van der Waals surface area contributed by atoms with Crippen molar-refractivity contribution < 1.29 is 17.9 Å². The normalized spacial score (nSPS) is 14.5. The van der Waals surface area contributed by atoms with E-state index in [0.717, 1.165) is 37.3 Å². The van der Waals surface area contributed by atoms with Crippen molar-refractivity contribution in [2.75, 3.05) is 50.0 Å². The minimum Gasteiger partial charge on any atom is -0.493 e. The maximum atomic E-state index is 13.3. The summed E-state index contributed by atoms with van der Waals surface area (Å²) in [7, 11) is -0.761. The number of nitrogens with zero attached hydrogens (tertiary/aromatic N) is 1. The van der Waals surface area contributed by atoms with Crippen molar-refractivity contribution in [1.82, 2.24) is 5.32 Å². The molecule has 7 nitrogen and oxygen atoms in total. The number of methoxy groups -OCH3 is 2. The van der Waals surface area contributed by atoms with Crippen molar-refractivity contribution in [1.29, 1.82) is 0 Å². The molecule has 30 heavy (non-hydrogen) atoms. The molecule has 1 aliphatic heterocycles. The SMILES string of the molecule is COc1ccc(NS(=O)(=O)c2ccc(N3CCNCC3)c3ccccc23)cc1OC. The Labute approximate surface area is 176 Å². The molecule has 8 heteroatoms. The van der Waals surface area contributed by atoms with Gasteiger partial charge in [-0.05, 0) is 24.3 Å². The van der Waals surface area contributed by atoms with Crippen LogP contribution in [0, 0.1) is 0 Å². The van der Waals surface area contributed by atoms with Gasteiger partial charge in [-0.3, -0.25) is 4.72 Å². The molecule has 1 fully saturated rings. The maximum Gasteiger partial charge on any atom is 0.262 e. The van der Waals surface area contributed by atoms with Gasteiger partial charge >= 0.3 is 0 Å². The predicted octanol–water partition coefficient (Wildman–Crippen LogP) is 3.07. The topological polar surface area (TPSA) is 79.9 Å². The van der Waals surface area contributed by atoms with Crippen molar-refractivity contribution in [3.63, 3.8) is 0 Å². The van der Waals surface area contributed by atoms with E-state index in [1.807, 2.05) is 30.3 Å². The fourth-order valence-electron chi connectivity index (χ4n) is 3.78. The molecule has 1 saturated heterocycles. The largest absolute Gasteiger partial charge is 0.493 e. The molecular weight excluding hydrogens is 402 g/mol. The van der Waals surface area contributed by atoms with Gasteiger partial charge in [0.2, 0.25) is 0 Å². The summed E-state index contributed by atoms with van der Waals surface area (Å²) in [5.41, 5.74) is 1.46. The van der Waals surface area contributed by atoms with Gasteiger partial charge in [-0.1, -0.05) is 24.3 Å². The van der Waals surface area contributed by atoms with Crippen LogP contribution in [0.2, 0.25) is 0 Å². The molecule has 3 aromatic carbocycles. The highest BCUT2D eigenvalue weighted by Gasteiger charge is 2.21. The molecule has 0 saturated carbocycles. The molecule has 1 heterocycles. The van der Waals surface area contributed by atoms with Crippen LogP contribution in [-0.4, -0.2) is 48.8 Å². The average molecular weight is 428 g/mol. The molecule has 0 aliphatic carbocycles. The van der Waals surface area contributed by atoms with E-state index in [-0.39, 0.29) is 4.90 Å². The van der Waals surface area contributed by atoms with E-state index < -0.39 is 10.0 Å². The second kappa shape index (κ2) is 8.41. The van der Waals surface area contributed by atoms with Crippen molar-refractivity contribution >= 4 is 32.2 Å². The highest BCUT2D eigenvalue weighted by molar-refractivity contribution is 7.93. The number of sulfonamides is 1. The predicted molar refractivity (Wildman–Crippen MR) is 119 cm³/mol. The van der Waals surface area contributed by atoms with Gasteiger partial charge in [0.1, 0.15) is 0 Å². The molecule has 2 N–H and O–H groups in total. The zero-order valence-corrected chi connectivity index (χ0v) is 17.8. The second-order valence-electron chi connectivity index (χ2n) is 7.04. The summed E-state index contributed by atoms with van der Waals surface area (Å²) in [6, 6.07) is 16.1. The van der Waals surface area contributed by atoms with Gasteiger partial charge < -0.3 is 19.7 Å². The van der Waals surface area contributed by atoms with Gasteiger partial charge in [0.25, 0.3) is 10.0 Å². The Morgan fingerprint density at radius 3 is 2.30 bits per heavy atom. The molecule has 0 spiro atoms. The summed E-state index contributed by atoms with van der Waals surface area (Å²) in [5.74, 6) is 0.989. The Hall–Kier alpha value is -2.97. The highest BCUT2D eigenvalue weighted by atomic mass is 32.2. The van der Waals surface area contributed by atoms with Crippen LogP contribution in [-0.2, 0) is 10.0 Å². The number of anilines is 2. The van der Waals surface area contributed by atoms with Crippen LogP contribution in [0.1, 0.15) is 0 Å². The number of hydrogen-bond acceptors (Lipinski definition) is 6. The molecule has 3 aromatic rings. The first-order valence-electron chi connectivity index (χ1n) is 9.76. The Balaban J connectivity index is 1.73. The van der Waals surface area contributed by atoms with Crippen LogP contribution in [0.5, 0.6) is 11.5 Å². The van der Waals surface area contributed by atoms with Crippen LogP contribution in [0.25, 0.3) is 10.8 Å². The number of rotatable bonds is 6. The van der Waals surface area contributed by atoms with Gasteiger partial charge in [-0.2, -0.15) is 0 Å². The first-order valence-corrected chi connectivity index (χ1v) is 11.2. The lowest BCUT2D eigenvalue weighted by Gasteiger charge is -2.30. The molecule has 4 rings (SSSR count). The lowest BCUT2D eigenvalue weighted by molar-refractivity contribution is 0.355. The molecule has 0 bridgehead atoms. The molecule has 0 aromatic heterocycles. The average Bonchev–Trinajstić information content (AvgIpc) is 2.78. The van der Waals surface area contributed by atoms with Crippen LogP contribution in [0.3, 0.4) is 0 Å². The smallest absolute Gasteiger partial charge is 0.262 e. The molecule has 0 radical (unpaired) electrons. The minimum absolute atomic E-state index is 0.242. The summed E-state index contributed by atoms with van der Waals surface area (Å²) >= 11 is 0. The Bertz CT molecular complexity index is 1160. The minimum atomic E-state index is -3.81. The van der Waals surface area contributed by atoms with Crippen molar-refractivity contribution in [2.45, 2.75) is 4.90 Å². The monoisotopic (exact) mass is 427 g/mol. The third-order valence-electron chi connectivity index (χ3n) is 5.24.